The molecule has 5 nitrogen and oxygen atoms in total. The first-order valence-electron chi connectivity index (χ1n) is 7.87. The summed E-state index contributed by atoms with van der Waals surface area (Å²) >= 11 is 17.9. The minimum absolute atomic E-state index is 0. The Kier molecular flexibility index (Phi) is 10.1. The van der Waals surface area contributed by atoms with Crippen molar-refractivity contribution >= 4 is 64.7 Å². The molecule has 0 amide bonds. The van der Waals surface area contributed by atoms with Gasteiger partial charge in [-0.3, -0.25) is 0 Å². The normalized spacial score (nSPS) is 12.5. The second-order valence-electron chi connectivity index (χ2n) is 5.48. The van der Waals surface area contributed by atoms with Crippen molar-refractivity contribution in [2.45, 2.75) is 19.6 Å². The highest BCUT2D eigenvalue weighted by molar-refractivity contribution is 14.0. The molecule has 0 bridgehead atoms. The quantitative estimate of drug-likeness (QED) is 0.294. The van der Waals surface area contributed by atoms with E-state index in [0.717, 1.165) is 11.3 Å². The standard InChI is InChI=1S/C17H21Cl3N4O.HI/c1-3-21-17(22-9-13-8-14(19)16(20)24(13)2)23-10-15(25)11-4-6-12(18)7-5-11;/h4-8,15,25H,3,9-10H2,1-2H3,(H2,21,22,23);1H. The highest BCUT2D eigenvalue weighted by atomic mass is 127. The van der Waals surface area contributed by atoms with Gasteiger partial charge in [0.15, 0.2) is 5.96 Å². The van der Waals surface area contributed by atoms with E-state index in [9.17, 15) is 5.11 Å². The largest absolute Gasteiger partial charge is 0.387 e. The van der Waals surface area contributed by atoms with Gasteiger partial charge in [0, 0.05) is 30.9 Å². The molecule has 0 aliphatic carbocycles. The Balaban J connectivity index is 0.00000338. The summed E-state index contributed by atoms with van der Waals surface area (Å²) in [7, 11) is 1.84. The molecule has 1 aromatic carbocycles. The molecule has 0 aliphatic heterocycles. The lowest BCUT2D eigenvalue weighted by Crippen LogP contribution is -2.39. The van der Waals surface area contributed by atoms with E-state index >= 15 is 0 Å². The van der Waals surface area contributed by atoms with E-state index in [-0.39, 0.29) is 24.0 Å². The van der Waals surface area contributed by atoms with Gasteiger partial charge in [-0.15, -0.1) is 24.0 Å². The molecule has 1 atom stereocenters. The van der Waals surface area contributed by atoms with E-state index in [1.807, 2.05) is 14.0 Å². The first-order valence-corrected chi connectivity index (χ1v) is 9.01. The SMILES string of the molecule is CCNC(=NCc1cc(Cl)c(Cl)n1C)NCC(O)c1ccc(Cl)cc1.I. The number of aliphatic imine (C=N–C) groups is 1. The van der Waals surface area contributed by atoms with Crippen molar-refractivity contribution in [3.63, 3.8) is 0 Å². The number of nitrogens with one attached hydrogen (secondary N) is 2. The number of aromatic nitrogens is 1. The lowest BCUT2D eigenvalue weighted by molar-refractivity contribution is 0.181. The number of guanidine groups is 1. The van der Waals surface area contributed by atoms with Gasteiger partial charge in [-0.1, -0.05) is 46.9 Å². The highest BCUT2D eigenvalue weighted by Crippen LogP contribution is 2.25. The Bertz CT molecular complexity index is 734. The van der Waals surface area contributed by atoms with Gasteiger partial charge in [0.05, 0.1) is 17.7 Å². The van der Waals surface area contributed by atoms with E-state index < -0.39 is 6.10 Å². The number of halogens is 4. The molecule has 144 valence electrons. The van der Waals surface area contributed by atoms with Crippen LogP contribution in [0.2, 0.25) is 15.2 Å². The summed E-state index contributed by atoms with van der Waals surface area (Å²) in [6, 6.07) is 8.89. The molecule has 2 aromatic rings. The van der Waals surface area contributed by atoms with Crippen molar-refractivity contribution in [3.8, 4) is 0 Å². The van der Waals surface area contributed by atoms with Gasteiger partial charge in [-0.25, -0.2) is 4.99 Å². The van der Waals surface area contributed by atoms with Crippen LogP contribution >= 0.6 is 58.8 Å². The molecule has 0 radical (unpaired) electrons. The minimum Gasteiger partial charge on any atom is -0.387 e. The van der Waals surface area contributed by atoms with Gasteiger partial charge in [0.1, 0.15) is 5.15 Å². The summed E-state index contributed by atoms with van der Waals surface area (Å²) in [5.41, 5.74) is 1.68. The average Bonchev–Trinajstić information content (AvgIpc) is 2.84. The number of hydrogen-bond acceptors (Lipinski definition) is 2. The van der Waals surface area contributed by atoms with Crippen LogP contribution in [-0.4, -0.2) is 28.7 Å². The van der Waals surface area contributed by atoms with Gasteiger partial charge < -0.3 is 20.3 Å². The summed E-state index contributed by atoms with van der Waals surface area (Å²) in [5, 5.41) is 18.2. The predicted molar refractivity (Wildman–Crippen MR) is 120 cm³/mol. The molecule has 0 saturated heterocycles. The maximum Gasteiger partial charge on any atom is 0.191 e. The fourth-order valence-corrected chi connectivity index (χ4v) is 2.78. The third kappa shape index (κ3) is 6.49. The van der Waals surface area contributed by atoms with E-state index in [1.165, 1.54) is 0 Å². The van der Waals surface area contributed by atoms with Crippen molar-refractivity contribution in [2.24, 2.45) is 12.0 Å². The number of aliphatic hydroxyl groups is 1. The summed E-state index contributed by atoms with van der Waals surface area (Å²) in [6.07, 6.45) is -0.667. The van der Waals surface area contributed by atoms with Gasteiger partial charge in [-0.2, -0.15) is 0 Å². The van der Waals surface area contributed by atoms with E-state index in [1.54, 1.807) is 34.9 Å². The van der Waals surface area contributed by atoms with Crippen LogP contribution in [0.4, 0.5) is 0 Å². The van der Waals surface area contributed by atoms with Crippen LogP contribution in [0, 0.1) is 0 Å². The number of aliphatic hydroxyl groups excluding tert-OH is 1. The molecule has 26 heavy (non-hydrogen) atoms. The second-order valence-corrected chi connectivity index (χ2v) is 6.68. The number of benzene rings is 1. The third-order valence-electron chi connectivity index (χ3n) is 3.68. The molecule has 9 heteroatoms. The van der Waals surface area contributed by atoms with Crippen LogP contribution in [0.25, 0.3) is 0 Å². The highest BCUT2D eigenvalue weighted by Gasteiger charge is 2.10. The molecule has 0 spiro atoms. The van der Waals surface area contributed by atoms with Crippen molar-refractivity contribution in [1.29, 1.82) is 0 Å². The first kappa shape index (κ1) is 23.4. The van der Waals surface area contributed by atoms with Crippen LogP contribution in [0.5, 0.6) is 0 Å². The monoisotopic (exact) mass is 530 g/mol. The third-order valence-corrected chi connectivity index (χ3v) is 4.77. The molecule has 2 rings (SSSR count). The molecule has 3 N–H and O–H groups in total. The zero-order chi connectivity index (χ0) is 18.4. The van der Waals surface area contributed by atoms with Gasteiger partial charge >= 0.3 is 0 Å². The molecule has 1 heterocycles. The molecule has 0 aliphatic rings. The average molecular weight is 532 g/mol. The fraction of sp³-hybridized carbons (Fsp3) is 0.353. The Morgan fingerprint density at radius 1 is 1.19 bits per heavy atom. The number of hydrogen-bond donors (Lipinski definition) is 3. The van der Waals surface area contributed by atoms with Crippen LogP contribution in [-0.2, 0) is 13.6 Å². The Morgan fingerprint density at radius 3 is 2.38 bits per heavy atom. The Hall–Kier alpha value is -0.670. The second kappa shape index (κ2) is 11.2. The Morgan fingerprint density at radius 2 is 1.85 bits per heavy atom. The maximum atomic E-state index is 10.3. The molecular weight excluding hydrogens is 509 g/mol. The van der Waals surface area contributed by atoms with Crippen molar-refractivity contribution in [1.82, 2.24) is 15.2 Å². The lowest BCUT2D eigenvalue weighted by atomic mass is 10.1. The summed E-state index contributed by atoms with van der Waals surface area (Å²) in [5.74, 6) is 0.601. The Labute approximate surface area is 185 Å². The van der Waals surface area contributed by atoms with Crippen LogP contribution in [0.3, 0.4) is 0 Å². The first-order chi connectivity index (χ1) is 11.9. The summed E-state index contributed by atoms with van der Waals surface area (Å²) in [6.45, 7) is 3.41. The predicted octanol–water partition coefficient (Wildman–Crippen LogP) is 4.39. The summed E-state index contributed by atoms with van der Waals surface area (Å²) < 4.78 is 1.79. The zero-order valence-electron chi connectivity index (χ0n) is 14.5. The molecule has 1 aromatic heterocycles. The summed E-state index contributed by atoms with van der Waals surface area (Å²) in [4.78, 5) is 4.50. The van der Waals surface area contributed by atoms with Gasteiger partial charge in [0.25, 0.3) is 0 Å². The van der Waals surface area contributed by atoms with Crippen molar-refractivity contribution in [3.05, 3.63) is 56.8 Å². The zero-order valence-corrected chi connectivity index (χ0v) is 19.1. The van der Waals surface area contributed by atoms with Gasteiger partial charge in [0.2, 0.25) is 0 Å². The lowest BCUT2D eigenvalue weighted by Gasteiger charge is -2.15. The van der Waals surface area contributed by atoms with Crippen LogP contribution < -0.4 is 10.6 Å². The van der Waals surface area contributed by atoms with Crippen molar-refractivity contribution in [2.75, 3.05) is 13.1 Å². The van der Waals surface area contributed by atoms with Crippen LogP contribution in [0.15, 0.2) is 35.3 Å². The van der Waals surface area contributed by atoms with Gasteiger partial charge in [-0.05, 0) is 30.7 Å². The van der Waals surface area contributed by atoms with Crippen molar-refractivity contribution < 1.29 is 5.11 Å². The van der Waals surface area contributed by atoms with E-state index in [0.29, 0.717) is 40.8 Å². The van der Waals surface area contributed by atoms with E-state index in [2.05, 4.69) is 15.6 Å². The molecule has 0 fully saturated rings. The van der Waals surface area contributed by atoms with Crippen LogP contribution in [0.1, 0.15) is 24.3 Å². The smallest absolute Gasteiger partial charge is 0.191 e. The number of rotatable bonds is 6. The molecule has 0 saturated carbocycles. The number of nitrogens with zero attached hydrogens (tertiary/aromatic N) is 2. The fourth-order valence-electron chi connectivity index (χ4n) is 2.24. The molecular formula is C17H22Cl3IN4O. The van der Waals surface area contributed by atoms with E-state index in [4.69, 9.17) is 34.8 Å². The molecule has 1 unspecified atom stereocenters. The minimum atomic E-state index is -0.667. The maximum absolute atomic E-state index is 10.3. The topological polar surface area (TPSA) is 61.6 Å².